The molecule has 6 N–H and O–H groups in total. The molecular formula is C40H53N7O11. The second kappa shape index (κ2) is 24.6. The summed E-state index contributed by atoms with van der Waals surface area (Å²) >= 11 is 0. The number of nitro groups is 1. The first kappa shape index (κ1) is 46.4. The third-order valence-electron chi connectivity index (χ3n) is 9.05. The molecule has 18 heteroatoms. The predicted molar refractivity (Wildman–Crippen MR) is 212 cm³/mol. The Hall–Kier alpha value is -6.01. The normalized spacial score (nSPS) is 14.6. The van der Waals surface area contributed by atoms with Crippen LogP contribution in [-0.4, -0.2) is 96.2 Å². The Balaban J connectivity index is 1.46. The van der Waals surface area contributed by atoms with Gasteiger partial charge in [0.1, 0.15) is 12.4 Å². The zero-order valence-electron chi connectivity index (χ0n) is 32.9. The van der Waals surface area contributed by atoms with Crippen LogP contribution in [0.3, 0.4) is 0 Å². The molecule has 1 aromatic carbocycles. The van der Waals surface area contributed by atoms with Crippen LogP contribution in [0.25, 0.3) is 0 Å². The molecule has 1 aliphatic carbocycles. The molecule has 1 aliphatic heterocycles. The summed E-state index contributed by atoms with van der Waals surface area (Å²) in [5.74, 6) is -2.34. The summed E-state index contributed by atoms with van der Waals surface area (Å²) in [5.41, 5.74) is 6.26. The molecule has 1 aromatic rings. The number of non-ortho nitro benzene ring substituents is 1. The van der Waals surface area contributed by atoms with Gasteiger partial charge in [-0.2, -0.15) is 0 Å². The van der Waals surface area contributed by atoms with Crippen molar-refractivity contribution in [3.63, 3.8) is 0 Å². The van der Waals surface area contributed by atoms with Crippen LogP contribution in [0.1, 0.15) is 71.6 Å². The Morgan fingerprint density at radius 1 is 0.914 bits per heavy atom. The van der Waals surface area contributed by atoms with E-state index in [9.17, 15) is 43.7 Å². The van der Waals surface area contributed by atoms with Gasteiger partial charge in [0.15, 0.2) is 5.78 Å². The molecule has 0 unspecified atom stereocenters. The van der Waals surface area contributed by atoms with E-state index in [2.05, 4.69) is 21.3 Å². The lowest BCUT2D eigenvalue weighted by Crippen LogP contribution is -2.51. The number of amides is 6. The number of ether oxygens (including phenoxy) is 2. The van der Waals surface area contributed by atoms with E-state index in [1.807, 2.05) is 19.9 Å². The highest BCUT2D eigenvalue weighted by atomic mass is 16.6. The van der Waals surface area contributed by atoms with E-state index >= 15 is 0 Å². The van der Waals surface area contributed by atoms with Gasteiger partial charge >= 0.3 is 12.0 Å². The summed E-state index contributed by atoms with van der Waals surface area (Å²) in [6, 6.07) is 2.84. The van der Waals surface area contributed by atoms with Gasteiger partial charge in [0.05, 0.1) is 30.2 Å². The zero-order chi connectivity index (χ0) is 42.5. The molecule has 0 spiro atoms. The van der Waals surface area contributed by atoms with Crippen molar-refractivity contribution in [2.75, 3.05) is 32.8 Å². The van der Waals surface area contributed by atoms with E-state index < -0.39 is 29.0 Å². The maximum atomic E-state index is 13.5. The second-order valence-corrected chi connectivity index (χ2v) is 14.0. The number of hydrogen-bond donors (Lipinski definition) is 5. The number of nitrogens with zero attached hydrogens (tertiary/aromatic N) is 2. The maximum absolute atomic E-state index is 13.5. The number of esters is 1. The molecule has 0 fully saturated rings. The molecule has 1 heterocycles. The van der Waals surface area contributed by atoms with Crippen LogP contribution < -0.4 is 31.7 Å². The van der Waals surface area contributed by atoms with Gasteiger partial charge in [0.2, 0.25) is 11.8 Å². The van der Waals surface area contributed by atoms with E-state index in [-0.39, 0.29) is 72.9 Å². The molecule has 58 heavy (non-hydrogen) atoms. The number of rotatable bonds is 26. The van der Waals surface area contributed by atoms with Gasteiger partial charge in [-0.1, -0.05) is 44.9 Å². The van der Waals surface area contributed by atoms with Gasteiger partial charge in [-0.3, -0.25) is 44.3 Å². The van der Waals surface area contributed by atoms with Crippen LogP contribution in [0.2, 0.25) is 0 Å². The first-order valence-corrected chi connectivity index (χ1v) is 19.3. The molecule has 18 nitrogen and oxygen atoms in total. The Labute approximate surface area is 336 Å². The van der Waals surface area contributed by atoms with E-state index in [0.717, 1.165) is 12.0 Å². The van der Waals surface area contributed by atoms with E-state index in [0.29, 0.717) is 63.7 Å². The van der Waals surface area contributed by atoms with Gasteiger partial charge in [0.25, 0.3) is 17.5 Å². The number of carbonyl (C=O) groups excluding carboxylic acids is 7. The van der Waals surface area contributed by atoms with Crippen LogP contribution in [0.4, 0.5) is 10.5 Å². The number of hydrogen-bond acceptors (Lipinski definition) is 12. The molecule has 3 rings (SSSR count). The first-order chi connectivity index (χ1) is 27.7. The third-order valence-corrected chi connectivity index (χ3v) is 9.05. The van der Waals surface area contributed by atoms with Crippen LogP contribution in [0, 0.1) is 16.0 Å². The smallest absolute Gasteiger partial charge is 0.337 e. The van der Waals surface area contributed by atoms with Gasteiger partial charge in [-0.25, -0.2) is 9.59 Å². The summed E-state index contributed by atoms with van der Waals surface area (Å²) in [4.78, 5) is 97.8. The molecular weight excluding hydrogens is 754 g/mol. The Morgan fingerprint density at radius 2 is 1.62 bits per heavy atom. The van der Waals surface area contributed by atoms with E-state index in [1.54, 1.807) is 18.2 Å². The lowest BCUT2D eigenvalue weighted by Gasteiger charge is -2.24. The van der Waals surface area contributed by atoms with Gasteiger partial charge in [0, 0.05) is 49.5 Å². The monoisotopic (exact) mass is 807 g/mol. The fourth-order valence-electron chi connectivity index (χ4n) is 5.92. The number of benzene rings is 1. The average Bonchev–Trinajstić information content (AvgIpc) is 3.33. The summed E-state index contributed by atoms with van der Waals surface area (Å²) < 4.78 is 10.6. The number of nitrogens with two attached hydrogens (primary N) is 1. The number of nitrogens with one attached hydrogen (secondary N) is 4. The van der Waals surface area contributed by atoms with Crippen molar-refractivity contribution in [2.45, 2.75) is 83.7 Å². The number of unbranched alkanes of at least 4 members (excludes halogenated alkanes) is 4. The van der Waals surface area contributed by atoms with Crippen molar-refractivity contribution in [1.82, 2.24) is 26.2 Å². The molecule has 0 saturated carbocycles. The molecule has 0 bridgehead atoms. The Kier molecular flexibility index (Phi) is 19.7. The SMILES string of the molecule is CC(C)[C@H](NC(=O)CCCCCCN1C(=O)C=CC1=O)C(=O)CN[C@@H](CCCCNC(N)=O)C(=O)NC1=CCC=C(COCC(=O)Oc2ccc([N+](=O)[O-])cc2)C=C1. The van der Waals surface area contributed by atoms with Gasteiger partial charge in [-0.15, -0.1) is 0 Å². The highest BCUT2D eigenvalue weighted by Gasteiger charge is 2.27. The molecule has 0 aromatic heterocycles. The van der Waals surface area contributed by atoms with Crippen molar-refractivity contribution in [1.29, 1.82) is 0 Å². The van der Waals surface area contributed by atoms with Crippen LogP contribution in [0.15, 0.2) is 72.0 Å². The minimum absolute atomic E-state index is 0.0728. The van der Waals surface area contributed by atoms with Gasteiger partial charge in [-0.05, 0) is 68.2 Å². The van der Waals surface area contributed by atoms with Crippen molar-refractivity contribution in [3.8, 4) is 5.75 Å². The van der Waals surface area contributed by atoms with Crippen LogP contribution >= 0.6 is 0 Å². The number of Topliss-reactive ketones (excluding diaryl/α,β-unsaturated/α-hetero) is 1. The lowest BCUT2D eigenvalue weighted by atomic mass is 9.98. The molecule has 0 radical (unpaired) electrons. The fourth-order valence-corrected chi connectivity index (χ4v) is 5.92. The van der Waals surface area contributed by atoms with Crippen molar-refractivity contribution in [3.05, 3.63) is 82.1 Å². The number of nitro benzene ring substituents is 1. The fraction of sp³-hybridized carbons (Fsp3) is 0.475. The highest BCUT2D eigenvalue weighted by Crippen LogP contribution is 2.18. The van der Waals surface area contributed by atoms with Crippen LogP contribution in [0.5, 0.6) is 5.75 Å². The Bertz CT molecular complexity index is 1750. The molecule has 0 saturated heterocycles. The topological polar surface area (TPSA) is 258 Å². The molecule has 314 valence electrons. The number of allylic oxidation sites excluding steroid dienone is 3. The highest BCUT2D eigenvalue weighted by molar-refractivity contribution is 6.12. The van der Waals surface area contributed by atoms with Gasteiger partial charge < -0.3 is 31.2 Å². The summed E-state index contributed by atoms with van der Waals surface area (Å²) in [7, 11) is 0. The summed E-state index contributed by atoms with van der Waals surface area (Å²) in [5, 5.41) is 22.1. The third kappa shape index (κ3) is 17.0. The number of ketones is 1. The summed E-state index contributed by atoms with van der Waals surface area (Å²) in [6.45, 7) is 3.81. The Morgan fingerprint density at radius 3 is 2.29 bits per heavy atom. The molecule has 6 amide bonds. The number of imide groups is 1. The average molecular weight is 808 g/mol. The predicted octanol–water partition coefficient (Wildman–Crippen LogP) is 2.79. The zero-order valence-corrected chi connectivity index (χ0v) is 32.9. The minimum atomic E-state index is -0.793. The quantitative estimate of drug-likeness (QED) is 0.0226. The van der Waals surface area contributed by atoms with Crippen molar-refractivity contribution < 1.29 is 48.0 Å². The van der Waals surface area contributed by atoms with Crippen LogP contribution in [-0.2, 0) is 33.5 Å². The second-order valence-electron chi connectivity index (χ2n) is 14.0. The standard InChI is InChI=1S/C40H53N7O11/c1-27(2)38(45-34(49)13-5-3-4-8-23-46-35(50)20-21-36(46)51)33(48)24-43-32(12-6-7-22-42-40(41)54)39(53)44-29-11-9-10-28(14-15-29)25-57-26-37(52)58-31-18-16-30(17-19-31)47(55)56/h10-11,14-21,27,32,38,43H,3-9,12-13,22-26H2,1-2H3,(H,44,53)(H,45,49)(H3,41,42,54)/t32-,38-/m0/s1. The maximum Gasteiger partial charge on any atom is 0.337 e. The van der Waals surface area contributed by atoms with E-state index in [4.69, 9.17) is 15.2 Å². The molecule has 2 aliphatic rings. The number of urea groups is 1. The summed E-state index contributed by atoms with van der Waals surface area (Å²) in [6.07, 6.45) is 14.3. The van der Waals surface area contributed by atoms with Crippen molar-refractivity contribution >= 4 is 47.1 Å². The largest absolute Gasteiger partial charge is 0.425 e. The minimum Gasteiger partial charge on any atom is -0.425 e. The number of carbonyl (C=O) groups is 7. The molecule has 2 atom stereocenters. The number of primary amides is 1. The van der Waals surface area contributed by atoms with E-state index in [1.165, 1.54) is 41.3 Å². The first-order valence-electron chi connectivity index (χ1n) is 19.3. The van der Waals surface area contributed by atoms with Crippen molar-refractivity contribution in [2.24, 2.45) is 11.7 Å². The lowest BCUT2D eigenvalue weighted by molar-refractivity contribution is -0.384.